The molecule has 1 heterocycles. The summed E-state index contributed by atoms with van der Waals surface area (Å²) in [4.78, 5) is 2.53. The molecular weight excluding hydrogens is 277 g/mol. The van der Waals surface area contributed by atoms with Gasteiger partial charge in [0.05, 0.1) is 0 Å². The standard InChI is InChI=1S/C15H18FNS2/c1-2-17-13(10-15-4-3-9-18-15)11-19-14-7-5-12(16)6-8-14/h3-9,13,17H,2,10-11H2,1H3. The molecule has 1 atom stereocenters. The molecule has 0 aliphatic carbocycles. The van der Waals surface area contributed by atoms with E-state index in [2.05, 4.69) is 29.8 Å². The Morgan fingerprint density at radius 3 is 2.68 bits per heavy atom. The van der Waals surface area contributed by atoms with Crippen LogP contribution in [0.15, 0.2) is 46.7 Å². The van der Waals surface area contributed by atoms with Crippen molar-refractivity contribution in [1.82, 2.24) is 5.32 Å². The topological polar surface area (TPSA) is 12.0 Å². The molecule has 0 saturated heterocycles. The predicted molar refractivity (Wildman–Crippen MR) is 82.6 cm³/mol. The lowest BCUT2D eigenvalue weighted by Crippen LogP contribution is -2.32. The number of thiophene rings is 1. The Labute approximate surface area is 122 Å². The number of thioether (sulfide) groups is 1. The van der Waals surface area contributed by atoms with Gasteiger partial charge in [0.25, 0.3) is 0 Å². The van der Waals surface area contributed by atoms with E-state index in [0.29, 0.717) is 6.04 Å². The lowest BCUT2D eigenvalue weighted by Gasteiger charge is -2.16. The fourth-order valence-electron chi connectivity index (χ4n) is 1.88. The van der Waals surface area contributed by atoms with Crippen molar-refractivity contribution < 1.29 is 4.39 Å². The summed E-state index contributed by atoms with van der Waals surface area (Å²) in [5.74, 6) is 0.823. The van der Waals surface area contributed by atoms with Crippen LogP contribution in [0.5, 0.6) is 0 Å². The van der Waals surface area contributed by atoms with Crippen LogP contribution in [0.1, 0.15) is 11.8 Å². The zero-order chi connectivity index (χ0) is 13.5. The third kappa shape index (κ3) is 4.97. The van der Waals surface area contributed by atoms with Gasteiger partial charge in [0.1, 0.15) is 5.82 Å². The molecule has 0 spiro atoms. The van der Waals surface area contributed by atoms with E-state index in [4.69, 9.17) is 0 Å². The Morgan fingerprint density at radius 1 is 1.26 bits per heavy atom. The minimum Gasteiger partial charge on any atom is -0.313 e. The zero-order valence-corrected chi connectivity index (χ0v) is 12.6. The van der Waals surface area contributed by atoms with E-state index in [1.807, 2.05) is 12.1 Å². The number of nitrogens with one attached hydrogen (secondary N) is 1. The first-order chi connectivity index (χ1) is 9.28. The molecule has 1 aromatic carbocycles. The van der Waals surface area contributed by atoms with E-state index in [9.17, 15) is 4.39 Å². The van der Waals surface area contributed by atoms with Crippen LogP contribution in [0.25, 0.3) is 0 Å². The van der Waals surface area contributed by atoms with Gasteiger partial charge in [-0.25, -0.2) is 4.39 Å². The van der Waals surface area contributed by atoms with Gasteiger partial charge < -0.3 is 5.32 Å². The maximum absolute atomic E-state index is 12.8. The second-order valence-corrected chi connectivity index (χ2v) is 6.43. The van der Waals surface area contributed by atoms with Crippen molar-refractivity contribution in [2.75, 3.05) is 12.3 Å². The van der Waals surface area contributed by atoms with Gasteiger partial charge in [-0.1, -0.05) is 13.0 Å². The van der Waals surface area contributed by atoms with Crippen LogP contribution in [0.3, 0.4) is 0 Å². The van der Waals surface area contributed by atoms with Crippen molar-refractivity contribution in [2.45, 2.75) is 24.3 Å². The van der Waals surface area contributed by atoms with Gasteiger partial charge in [0.2, 0.25) is 0 Å². The van der Waals surface area contributed by atoms with Gasteiger partial charge in [-0.05, 0) is 48.7 Å². The van der Waals surface area contributed by atoms with Gasteiger partial charge in [0, 0.05) is 21.6 Å². The highest BCUT2D eigenvalue weighted by molar-refractivity contribution is 7.99. The van der Waals surface area contributed by atoms with Gasteiger partial charge in [-0.2, -0.15) is 0 Å². The van der Waals surface area contributed by atoms with Crippen LogP contribution in [-0.4, -0.2) is 18.3 Å². The normalized spacial score (nSPS) is 12.5. The quantitative estimate of drug-likeness (QED) is 0.768. The van der Waals surface area contributed by atoms with Crippen LogP contribution in [0, 0.1) is 5.82 Å². The van der Waals surface area contributed by atoms with E-state index in [0.717, 1.165) is 23.6 Å². The molecule has 1 aromatic heterocycles. The van der Waals surface area contributed by atoms with Crippen molar-refractivity contribution in [3.05, 3.63) is 52.5 Å². The van der Waals surface area contributed by atoms with Crippen LogP contribution < -0.4 is 5.32 Å². The highest BCUT2D eigenvalue weighted by Crippen LogP contribution is 2.21. The third-order valence-corrected chi connectivity index (χ3v) is 4.86. The zero-order valence-electron chi connectivity index (χ0n) is 10.9. The predicted octanol–water partition coefficient (Wildman–Crippen LogP) is 4.20. The lowest BCUT2D eigenvalue weighted by molar-refractivity contribution is 0.576. The fourth-order valence-corrected chi connectivity index (χ4v) is 3.62. The third-order valence-electron chi connectivity index (χ3n) is 2.79. The minimum absolute atomic E-state index is 0.175. The smallest absolute Gasteiger partial charge is 0.123 e. The van der Waals surface area contributed by atoms with Gasteiger partial charge in [-0.3, -0.25) is 0 Å². The van der Waals surface area contributed by atoms with Crippen molar-refractivity contribution >= 4 is 23.1 Å². The minimum atomic E-state index is -0.175. The molecule has 0 amide bonds. The summed E-state index contributed by atoms with van der Waals surface area (Å²) in [7, 11) is 0. The Morgan fingerprint density at radius 2 is 2.05 bits per heavy atom. The number of hydrogen-bond donors (Lipinski definition) is 1. The van der Waals surface area contributed by atoms with E-state index in [-0.39, 0.29) is 5.82 Å². The van der Waals surface area contributed by atoms with Gasteiger partial charge >= 0.3 is 0 Å². The molecule has 19 heavy (non-hydrogen) atoms. The molecule has 1 nitrogen and oxygen atoms in total. The summed E-state index contributed by atoms with van der Waals surface area (Å²) < 4.78 is 12.8. The first-order valence-electron chi connectivity index (χ1n) is 6.42. The average Bonchev–Trinajstić information content (AvgIpc) is 2.91. The van der Waals surface area contributed by atoms with Gasteiger partial charge in [0.15, 0.2) is 0 Å². The van der Waals surface area contributed by atoms with Crippen LogP contribution >= 0.6 is 23.1 Å². The number of hydrogen-bond acceptors (Lipinski definition) is 3. The Balaban J connectivity index is 1.87. The molecule has 1 unspecified atom stereocenters. The molecule has 0 radical (unpaired) electrons. The monoisotopic (exact) mass is 295 g/mol. The summed E-state index contributed by atoms with van der Waals surface area (Å²) in [6, 6.07) is 11.4. The summed E-state index contributed by atoms with van der Waals surface area (Å²) in [5.41, 5.74) is 0. The van der Waals surface area contributed by atoms with E-state index < -0.39 is 0 Å². The highest BCUT2D eigenvalue weighted by atomic mass is 32.2. The average molecular weight is 295 g/mol. The molecule has 4 heteroatoms. The molecule has 1 N–H and O–H groups in total. The second-order valence-electron chi connectivity index (χ2n) is 4.30. The number of halogens is 1. The summed E-state index contributed by atoms with van der Waals surface area (Å²) >= 11 is 3.58. The van der Waals surface area contributed by atoms with E-state index in [1.165, 1.54) is 17.0 Å². The maximum atomic E-state index is 12.8. The van der Waals surface area contributed by atoms with Crippen LogP contribution in [0.4, 0.5) is 4.39 Å². The van der Waals surface area contributed by atoms with Gasteiger partial charge in [-0.15, -0.1) is 23.1 Å². The number of benzene rings is 1. The van der Waals surface area contributed by atoms with Crippen molar-refractivity contribution in [1.29, 1.82) is 0 Å². The second kappa shape index (κ2) is 7.68. The molecule has 102 valence electrons. The SMILES string of the molecule is CCNC(CSc1ccc(F)cc1)Cc1cccs1. The number of rotatable bonds is 7. The maximum Gasteiger partial charge on any atom is 0.123 e. The Hall–Kier alpha value is -0.840. The first-order valence-corrected chi connectivity index (χ1v) is 8.28. The molecular formula is C15H18FNS2. The van der Waals surface area contributed by atoms with E-state index >= 15 is 0 Å². The largest absolute Gasteiger partial charge is 0.313 e. The molecule has 0 saturated carbocycles. The number of likely N-dealkylation sites (N-methyl/N-ethyl adjacent to an activating group) is 1. The van der Waals surface area contributed by atoms with Crippen molar-refractivity contribution in [3.63, 3.8) is 0 Å². The molecule has 0 aliphatic heterocycles. The van der Waals surface area contributed by atoms with Crippen LogP contribution in [-0.2, 0) is 6.42 Å². The van der Waals surface area contributed by atoms with Crippen molar-refractivity contribution in [3.8, 4) is 0 Å². The fraction of sp³-hybridized carbons (Fsp3) is 0.333. The summed E-state index contributed by atoms with van der Waals surface area (Å²) in [6.07, 6.45) is 1.06. The molecule has 0 bridgehead atoms. The molecule has 0 fully saturated rings. The molecule has 2 aromatic rings. The highest BCUT2D eigenvalue weighted by Gasteiger charge is 2.09. The van der Waals surface area contributed by atoms with Crippen LogP contribution in [0.2, 0.25) is 0 Å². The Bertz CT molecular complexity index is 467. The summed E-state index contributed by atoms with van der Waals surface area (Å²) in [6.45, 7) is 3.10. The first kappa shape index (κ1) is 14.6. The summed E-state index contributed by atoms with van der Waals surface area (Å²) in [5, 5.41) is 5.63. The lowest BCUT2D eigenvalue weighted by atomic mass is 10.2. The van der Waals surface area contributed by atoms with Crippen molar-refractivity contribution in [2.24, 2.45) is 0 Å². The van der Waals surface area contributed by atoms with E-state index in [1.54, 1.807) is 23.1 Å². The molecule has 0 aliphatic rings. The Kier molecular flexibility index (Phi) is 5.89. The molecule has 2 rings (SSSR count).